The van der Waals surface area contributed by atoms with Crippen LogP contribution in [0.5, 0.6) is 11.5 Å². The molecule has 27 heavy (non-hydrogen) atoms. The van der Waals surface area contributed by atoms with Crippen molar-refractivity contribution in [2.24, 2.45) is 15.3 Å². The van der Waals surface area contributed by atoms with E-state index in [2.05, 4.69) is 15.3 Å². The maximum absolute atomic E-state index is 12.0. The molecule has 0 radical (unpaired) electrons. The molecule has 1 amide bonds. The Morgan fingerprint density at radius 2 is 1.48 bits per heavy atom. The topological polar surface area (TPSA) is 75.9 Å². The first-order valence-corrected chi connectivity index (χ1v) is 9.07. The molecule has 1 saturated heterocycles. The molecule has 1 aliphatic heterocycles. The number of hydrogen-bond acceptors (Lipinski definition) is 7. The lowest BCUT2D eigenvalue weighted by molar-refractivity contribution is -0.124. The minimum Gasteiger partial charge on any atom is -0.497 e. The Labute approximate surface area is 161 Å². The summed E-state index contributed by atoms with van der Waals surface area (Å²) in [6.45, 7) is 0. The molecule has 0 bridgehead atoms. The molecule has 0 N–H and O–H groups in total. The van der Waals surface area contributed by atoms with Gasteiger partial charge in [-0.05, 0) is 59.7 Å². The van der Waals surface area contributed by atoms with E-state index in [1.54, 1.807) is 26.6 Å². The number of rotatable bonds is 6. The van der Waals surface area contributed by atoms with Crippen molar-refractivity contribution in [1.82, 2.24) is 5.01 Å². The fraction of sp³-hybridized carbons (Fsp3) is 0.158. The van der Waals surface area contributed by atoms with Crippen molar-refractivity contribution < 1.29 is 14.3 Å². The van der Waals surface area contributed by atoms with Crippen LogP contribution in [0.15, 0.2) is 63.8 Å². The zero-order chi connectivity index (χ0) is 19.1. The SMILES string of the molecule is COc1ccc(/C=N/N=C2\SCC(=O)N2/N=C/c2ccc(OC)cc2)cc1. The predicted molar refractivity (Wildman–Crippen MR) is 108 cm³/mol. The molecule has 138 valence electrons. The molecule has 0 aliphatic carbocycles. The highest BCUT2D eigenvalue weighted by atomic mass is 32.2. The van der Waals surface area contributed by atoms with Crippen LogP contribution in [-0.2, 0) is 4.79 Å². The molecular formula is C19H18N4O3S. The molecule has 1 fully saturated rings. The summed E-state index contributed by atoms with van der Waals surface area (Å²) >= 11 is 1.30. The van der Waals surface area contributed by atoms with Crippen molar-refractivity contribution in [2.45, 2.75) is 0 Å². The summed E-state index contributed by atoms with van der Waals surface area (Å²) < 4.78 is 10.2. The zero-order valence-electron chi connectivity index (χ0n) is 14.9. The Morgan fingerprint density at radius 1 is 0.926 bits per heavy atom. The van der Waals surface area contributed by atoms with Crippen LogP contribution in [0.4, 0.5) is 0 Å². The molecule has 2 aromatic rings. The number of carbonyl (C=O) groups is 1. The van der Waals surface area contributed by atoms with Crippen molar-refractivity contribution >= 4 is 35.3 Å². The predicted octanol–water partition coefficient (Wildman–Crippen LogP) is 3.00. The molecule has 2 aromatic carbocycles. The van der Waals surface area contributed by atoms with Gasteiger partial charge in [-0.15, -0.1) is 5.10 Å². The zero-order valence-corrected chi connectivity index (χ0v) is 15.7. The van der Waals surface area contributed by atoms with Crippen LogP contribution in [0.3, 0.4) is 0 Å². The highest BCUT2D eigenvalue weighted by Gasteiger charge is 2.28. The van der Waals surface area contributed by atoms with Gasteiger partial charge in [0, 0.05) is 0 Å². The van der Waals surface area contributed by atoms with Crippen molar-refractivity contribution in [3.8, 4) is 11.5 Å². The summed E-state index contributed by atoms with van der Waals surface area (Å²) in [5.74, 6) is 1.68. The Balaban J connectivity index is 1.69. The average Bonchev–Trinajstić information content (AvgIpc) is 3.07. The Kier molecular flexibility index (Phi) is 6.22. The van der Waals surface area contributed by atoms with Gasteiger partial charge < -0.3 is 9.47 Å². The van der Waals surface area contributed by atoms with Crippen LogP contribution in [0.2, 0.25) is 0 Å². The van der Waals surface area contributed by atoms with Crippen molar-refractivity contribution in [2.75, 3.05) is 20.0 Å². The second kappa shape index (κ2) is 9.00. The number of methoxy groups -OCH3 is 2. The number of amides is 1. The molecule has 8 heteroatoms. The third-order valence-electron chi connectivity index (χ3n) is 3.65. The van der Waals surface area contributed by atoms with E-state index in [1.807, 2.05) is 48.5 Å². The van der Waals surface area contributed by atoms with Crippen LogP contribution in [0.1, 0.15) is 11.1 Å². The van der Waals surface area contributed by atoms with Gasteiger partial charge in [0.15, 0.2) is 0 Å². The summed E-state index contributed by atoms with van der Waals surface area (Å²) in [4.78, 5) is 12.0. The van der Waals surface area contributed by atoms with Gasteiger partial charge in [-0.1, -0.05) is 11.8 Å². The quantitative estimate of drug-likeness (QED) is 0.568. The van der Waals surface area contributed by atoms with Crippen molar-refractivity contribution in [1.29, 1.82) is 0 Å². The normalized spacial score (nSPS) is 16.0. The van der Waals surface area contributed by atoms with E-state index in [-0.39, 0.29) is 11.7 Å². The number of hydrazone groups is 1. The maximum Gasteiger partial charge on any atom is 0.259 e. The first kappa shape index (κ1) is 18.7. The molecule has 0 spiro atoms. The highest BCUT2D eigenvalue weighted by molar-refractivity contribution is 8.15. The lowest BCUT2D eigenvalue weighted by Crippen LogP contribution is -2.23. The first-order chi connectivity index (χ1) is 13.2. The molecule has 1 heterocycles. The van der Waals surface area contributed by atoms with Crippen molar-refractivity contribution in [3.63, 3.8) is 0 Å². The number of nitrogens with zero attached hydrogens (tertiary/aromatic N) is 4. The Bertz CT molecular complexity index is 877. The molecular weight excluding hydrogens is 364 g/mol. The number of benzene rings is 2. The summed E-state index contributed by atoms with van der Waals surface area (Å²) in [5.41, 5.74) is 1.73. The van der Waals surface area contributed by atoms with Crippen LogP contribution < -0.4 is 9.47 Å². The van der Waals surface area contributed by atoms with Gasteiger partial charge in [0.1, 0.15) is 11.5 Å². The summed E-state index contributed by atoms with van der Waals surface area (Å²) in [7, 11) is 3.23. The average molecular weight is 382 g/mol. The molecule has 1 aliphatic rings. The van der Waals surface area contributed by atoms with Crippen LogP contribution in [0.25, 0.3) is 0 Å². The van der Waals surface area contributed by atoms with Gasteiger partial charge in [-0.3, -0.25) is 4.79 Å². The second-order valence-corrected chi connectivity index (χ2v) is 6.35. The highest BCUT2D eigenvalue weighted by Crippen LogP contribution is 2.20. The third kappa shape index (κ3) is 4.95. The van der Waals surface area contributed by atoms with E-state index in [0.29, 0.717) is 5.17 Å². The van der Waals surface area contributed by atoms with E-state index in [0.717, 1.165) is 22.6 Å². The van der Waals surface area contributed by atoms with E-state index >= 15 is 0 Å². The second-order valence-electron chi connectivity index (χ2n) is 5.41. The number of hydrogen-bond donors (Lipinski definition) is 0. The Morgan fingerprint density at radius 3 is 2.04 bits per heavy atom. The van der Waals surface area contributed by atoms with Crippen molar-refractivity contribution in [3.05, 3.63) is 59.7 Å². The van der Waals surface area contributed by atoms with E-state index in [1.165, 1.54) is 16.8 Å². The number of carbonyl (C=O) groups excluding carboxylic acids is 1. The molecule has 0 saturated carbocycles. The summed E-state index contributed by atoms with van der Waals surface area (Å²) in [6.07, 6.45) is 3.22. The van der Waals surface area contributed by atoms with Gasteiger partial charge in [-0.2, -0.15) is 15.2 Å². The van der Waals surface area contributed by atoms with Gasteiger partial charge in [-0.25, -0.2) is 0 Å². The lowest BCUT2D eigenvalue weighted by atomic mass is 10.2. The van der Waals surface area contributed by atoms with Gasteiger partial charge in [0.05, 0.1) is 32.4 Å². The third-order valence-corrected chi connectivity index (χ3v) is 4.55. The van der Waals surface area contributed by atoms with Gasteiger partial charge in [0.2, 0.25) is 5.17 Å². The maximum atomic E-state index is 12.0. The number of amidine groups is 1. The fourth-order valence-electron chi connectivity index (χ4n) is 2.19. The van der Waals surface area contributed by atoms with Gasteiger partial charge >= 0.3 is 0 Å². The lowest BCUT2D eigenvalue weighted by Gasteiger charge is -2.07. The molecule has 0 aromatic heterocycles. The molecule has 7 nitrogen and oxygen atoms in total. The van der Waals surface area contributed by atoms with E-state index in [4.69, 9.17) is 9.47 Å². The van der Waals surface area contributed by atoms with Crippen LogP contribution in [-0.4, -0.2) is 48.5 Å². The number of thioether (sulfide) groups is 1. The molecule has 0 atom stereocenters. The van der Waals surface area contributed by atoms with Crippen LogP contribution in [0, 0.1) is 0 Å². The number of ether oxygens (including phenoxy) is 2. The largest absolute Gasteiger partial charge is 0.497 e. The van der Waals surface area contributed by atoms with Crippen LogP contribution >= 0.6 is 11.8 Å². The summed E-state index contributed by atoms with van der Waals surface area (Å²) in [5, 5.41) is 14.1. The first-order valence-electron chi connectivity index (χ1n) is 8.08. The molecule has 0 unspecified atom stereocenters. The standard InChI is InChI=1S/C19H18N4O3S/c1-25-16-7-3-14(4-8-16)11-20-22-19-23(18(24)13-27-19)21-12-15-5-9-17(26-2)10-6-15/h3-12H,13H2,1-2H3/b20-11+,21-12+,22-19-. The van der Waals surface area contributed by atoms with Gasteiger partial charge in [0.25, 0.3) is 5.91 Å². The minimum atomic E-state index is -0.136. The van der Waals surface area contributed by atoms with E-state index in [9.17, 15) is 4.79 Å². The minimum absolute atomic E-state index is 0.136. The Hall–Kier alpha value is -3.13. The molecule has 3 rings (SSSR count). The van der Waals surface area contributed by atoms with E-state index < -0.39 is 0 Å². The monoisotopic (exact) mass is 382 g/mol. The summed E-state index contributed by atoms with van der Waals surface area (Å²) in [6, 6.07) is 14.8. The smallest absolute Gasteiger partial charge is 0.259 e. The fourth-order valence-corrected chi connectivity index (χ4v) is 2.94.